The summed E-state index contributed by atoms with van der Waals surface area (Å²) in [6, 6.07) is 3.32. The van der Waals surface area contributed by atoms with Gasteiger partial charge < -0.3 is 5.11 Å². The van der Waals surface area contributed by atoms with Crippen molar-refractivity contribution in [3.8, 4) is 0 Å². The lowest BCUT2D eigenvalue weighted by atomic mass is 10.3. The van der Waals surface area contributed by atoms with Crippen molar-refractivity contribution in [3.63, 3.8) is 0 Å². The molecular weight excluding hydrogens is 130 g/mol. The van der Waals surface area contributed by atoms with Gasteiger partial charge in [0, 0.05) is 25.1 Å². The first kappa shape index (κ1) is 8.78. The molecule has 0 aliphatic rings. The Morgan fingerprint density at radius 3 is 2.20 bits per heavy atom. The highest BCUT2D eigenvalue weighted by Crippen LogP contribution is 1.88. The van der Waals surface area contributed by atoms with Crippen LogP contribution in [0.4, 0.5) is 0 Å². The first-order valence-electron chi connectivity index (χ1n) is 2.73. The minimum atomic E-state index is 0.667. The SMILES string of the molecule is CO.O=Cc1ccncc1. The van der Waals surface area contributed by atoms with Gasteiger partial charge in [-0.2, -0.15) is 0 Å². The molecule has 1 rings (SSSR count). The Labute approximate surface area is 59.3 Å². The maximum Gasteiger partial charge on any atom is 0.150 e. The lowest BCUT2D eigenvalue weighted by molar-refractivity contribution is 0.112. The summed E-state index contributed by atoms with van der Waals surface area (Å²) in [6.07, 6.45) is 3.97. The molecule has 0 atom stereocenters. The van der Waals surface area contributed by atoms with Gasteiger partial charge in [0.05, 0.1) is 0 Å². The van der Waals surface area contributed by atoms with Gasteiger partial charge in [0.15, 0.2) is 0 Å². The highest BCUT2D eigenvalue weighted by Gasteiger charge is 1.80. The second kappa shape index (κ2) is 5.91. The summed E-state index contributed by atoms with van der Waals surface area (Å²) in [5, 5.41) is 7.00. The number of nitrogens with zero attached hydrogens (tertiary/aromatic N) is 1. The number of carbonyl (C=O) groups is 1. The molecule has 10 heavy (non-hydrogen) atoms. The second-order valence-corrected chi connectivity index (χ2v) is 1.40. The predicted octanol–water partition coefficient (Wildman–Crippen LogP) is 0.503. The van der Waals surface area contributed by atoms with Gasteiger partial charge in [0.1, 0.15) is 6.29 Å². The van der Waals surface area contributed by atoms with Crippen molar-refractivity contribution in [1.82, 2.24) is 4.98 Å². The summed E-state index contributed by atoms with van der Waals surface area (Å²) in [7, 11) is 1.00. The van der Waals surface area contributed by atoms with Gasteiger partial charge in [-0.3, -0.25) is 9.78 Å². The molecular formula is C7H9NO2. The molecule has 0 aliphatic carbocycles. The fraction of sp³-hybridized carbons (Fsp3) is 0.143. The molecule has 0 radical (unpaired) electrons. The van der Waals surface area contributed by atoms with Gasteiger partial charge in [0.2, 0.25) is 0 Å². The number of aromatic nitrogens is 1. The van der Waals surface area contributed by atoms with Crippen molar-refractivity contribution in [2.24, 2.45) is 0 Å². The van der Waals surface area contributed by atoms with E-state index >= 15 is 0 Å². The molecule has 1 aromatic heterocycles. The summed E-state index contributed by atoms with van der Waals surface area (Å²) in [5.41, 5.74) is 0.667. The minimum Gasteiger partial charge on any atom is -0.400 e. The van der Waals surface area contributed by atoms with Crippen molar-refractivity contribution in [1.29, 1.82) is 0 Å². The first-order valence-corrected chi connectivity index (χ1v) is 2.73. The second-order valence-electron chi connectivity index (χ2n) is 1.40. The molecule has 1 N–H and O–H groups in total. The fourth-order valence-corrected chi connectivity index (χ4v) is 0.442. The van der Waals surface area contributed by atoms with Crippen molar-refractivity contribution >= 4 is 6.29 Å². The Morgan fingerprint density at radius 2 is 1.90 bits per heavy atom. The van der Waals surface area contributed by atoms with Crippen LogP contribution in [0.3, 0.4) is 0 Å². The molecule has 3 heteroatoms. The highest BCUT2D eigenvalue weighted by atomic mass is 16.2. The van der Waals surface area contributed by atoms with Gasteiger partial charge in [0.25, 0.3) is 0 Å². The molecule has 1 heterocycles. The van der Waals surface area contributed by atoms with E-state index in [4.69, 9.17) is 5.11 Å². The topological polar surface area (TPSA) is 50.2 Å². The minimum absolute atomic E-state index is 0.667. The lowest BCUT2D eigenvalue weighted by Gasteiger charge is -1.81. The Morgan fingerprint density at radius 1 is 1.40 bits per heavy atom. The maximum atomic E-state index is 9.98. The van der Waals surface area contributed by atoms with Crippen molar-refractivity contribution < 1.29 is 9.90 Å². The van der Waals surface area contributed by atoms with Crippen LogP contribution in [0.5, 0.6) is 0 Å². The molecule has 3 nitrogen and oxygen atoms in total. The number of hydrogen-bond donors (Lipinski definition) is 1. The number of pyridine rings is 1. The average Bonchev–Trinajstić information content (AvgIpc) is 2.10. The molecule has 0 aromatic carbocycles. The summed E-state index contributed by atoms with van der Waals surface area (Å²) in [6.45, 7) is 0. The monoisotopic (exact) mass is 139 g/mol. The van der Waals surface area contributed by atoms with Crippen molar-refractivity contribution in [2.45, 2.75) is 0 Å². The van der Waals surface area contributed by atoms with Crippen LogP contribution in [0.2, 0.25) is 0 Å². The van der Waals surface area contributed by atoms with E-state index in [-0.39, 0.29) is 0 Å². The van der Waals surface area contributed by atoms with Crippen LogP contribution in [0, 0.1) is 0 Å². The number of carbonyl (C=O) groups excluding carboxylic acids is 1. The van der Waals surface area contributed by atoms with Crippen molar-refractivity contribution in [3.05, 3.63) is 30.1 Å². The van der Waals surface area contributed by atoms with E-state index in [1.807, 2.05) is 0 Å². The molecule has 0 saturated carbocycles. The number of aldehydes is 1. The Kier molecular flexibility index (Phi) is 5.19. The van der Waals surface area contributed by atoms with Crippen LogP contribution < -0.4 is 0 Å². The molecule has 0 aliphatic heterocycles. The van der Waals surface area contributed by atoms with E-state index in [9.17, 15) is 4.79 Å². The van der Waals surface area contributed by atoms with Gasteiger partial charge in [-0.25, -0.2) is 0 Å². The van der Waals surface area contributed by atoms with Crippen LogP contribution >= 0.6 is 0 Å². The van der Waals surface area contributed by atoms with Crippen LogP contribution in [-0.2, 0) is 0 Å². The smallest absolute Gasteiger partial charge is 0.150 e. The zero-order valence-electron chi connectivity index (χ0n) is 5.69. The third-order valence-electron chi connectivity index (χ3n) is 0.842. The third-order valence-corrected chi connectivity index (χ3v) is 0.842. The summed E-state index contributed by atoms with van der Waals surface area (Å²) >= 11 is 0. The molecule has 0 saturated heterocycles. The fourth-order valence-electron chi connectivity index (χ4n) is 0.442. The van der Waals surface area contributed by atoms with E-state index in [0.29, 0.717) is 5.56 Å². The molecule has 0 fully saturated rings. The standard InChI is InChI=1S/C6H5NO.CH4O/c8-5-6-1-3-7-4-2-6;1-2/h1-5H;2H,1H3. The van der Waals surface area contributed by atoms with Gasteiger partial charge in [-0.15, -0.1) is 0 Å². The third kappa shape index (κ3) is 2.94. The number of hydrogen-bond acceptors (Lipinski definition) is 3. The van der Waals surface area contributed by atoms with Crippen LogP contribution in [0.1, 0.15) is 10.4 Å². The Hall–Kier alpha value is -1.22. The normalized spacial score (nSPS) is 7.40. The van der Waals surface area contributed by atoms with Gasteiger partial charge in [-0.05, 0) is 12.1 Å². The quantitative estimate of drug-likeness (QED) is 0.576. The zero-order chi connectivity index (χ0) is 7.82. The molecule has 0 unspecified atom stereocenters. The summed E-state index contributed by atoms with van der Waals surface area (Å²) < 4.78 is 0. The molecule has 0 amide bonds. The predicted molar refractivity (Wildman–Crippen MR) is 37.8 cm³/mol. The molecule has 0 bridgehead atoms. The first-order chi connectivity index (χ1) is 4.93. The van der Waals surface area contributed by atoms with E-state index in [1.165, 1.54) is 0 Å². The molecule has 54 valence electrons. The maximum absolute atomic E-state index is 9.98. The Bertz CT molecular complexity index is 174. The van der Waals surface area contributed by atoms with Crippen LogP contribution in [0.15, 0.2) is 24.5 Å². The van der Waals surface area contributed by atoms with Gasteiger partial charge >= 0.3 is 0 Å². The van der Waals surface area contributed by atoms with Gasteiger partial charge in [-0.1, -0.05) is 0 Å². The van der Waals surface area contributed by atoms with E-state index in [0.717, 1.165) is 13.4 Å². The van der Waals surface area contributed by atoms with E-state index < -0.39 is 0 Å². The summed E-state index contributed by atoms with van der Waals surface area (Å²) in [5.74, 6) is 0. The van der Waals surface area contributed by atoms with E-state index in [2.05, 4.69) is 4.98 Å². The van der Waals surface area contributed by atoms with Crippen LogP contribution in [0.25, 0.3) is 0 Å². The number of aliphatic hydroxyl groups excluding tert-OH is 1. The molecule has 0 spiro atoms. The number of rotatable bonds is 1. The largest absolute Gasteiger partial charge is 0.400 e. The highest BCUT2D eigenvalue weighted by molar-refractivity contribution is 5.73. The Balaban J connectivity index is 0.000000371. The average molecular weight is 139 g/mol. The lowest BCUT2D eigenvalue weighted by Crippen LogP contribution is -1.76. The van der Waals surface area contributed by atoms with E-state index in [1.54, 1.807) is 24.5 Å². The zero-order valence-corrected chi connectivity index (χ0v) is 5.69. The van der Waals surface area contributed by atoms with Crippen LogP contribution in [-0.4, -0.2) is 23.5 Å². The summed E-state index contributed by atoms with van der Waals surface area (Å²) in [4.78, 5) is 13.7. The number of aliphatic hydroxyl groups is 1. The van der Waals surface area contributed by atoms with Crippen molar-refractivity contribution in [2.75, 3.05) is 7.11 Å². The molecule has 1 aromatic rings.